The number of hydrogen-bond donors (Lipinski definition) is 1. The zero-order valence-corrected chi connectivity index (χ0v) is 19.8. The van der Waals surface area contributed by atoms with Crippen molar-refractivity contribution >= 4 is 27.8 Å². The fraction of sp³-hybridized carbons (Fsp3) is 0.556. The summed E-state index contributed by atoms with van der Waals surface area (Å²) in [7, 11) is -3.59. The van der Waals surface area contributed by atoms with Gasteiger partial charge in [-0.1, -0.05) is 19.5 Å². The molecular formula is C18H23N2O6SY+2. The van der Waals surface area contributed by atoms with Crippen molar-refractivity contribution in [1.82, 2.24) is 5.32 Å². The Morgan fingerprint density at radius 3 is 2.68 bits per heavy atom. The zero-order valence-electron chi connectivity index (χ0n) is 16.1. The summed E-state index contributed by atoms with van der Waals surface area (Å²) in [5.41, 5.74) is 3.51. The summed E-state index contributed by atoms with van der Waals surface area (Å²) in [6.07, 6.45) is 1.04. The second-order valence-corrected chi connectivity index (χ2v) is 8.66. The number of piperidine rings is 1. The average molecular weight is 484 g/mol. The van der Waals surface area contributed by atoms with Crippen molar-refractivity contribution in [2.75, 3.05) is 30.9 Å². The van der Waals surface area contributed by atoms with Gasteiger partial charge in [0.15, 0.2) is 0 Å². The first-order valence-corrected chi connectivity index (χ1v) is 10.6. The maximum absolute atomic E-state index is 12.2. The average Bonchev–Trinajstić information content (AvgIpc) is 2.96. The molecule has 0 saturated carbocycles. The van der Waals surface area contributed by atoms with Crippen molar-refractivity contribution in [2.24, 2.45) is 0 Å². The molecule has 3 rings (SSSR count). The van der Waals surface area contributed by atoms with E-state index in [-0.39, 0.29) is 57.7 Å². The molecule has 0 aliphatic carbocycles. The molecule has 2 aliphatic heterocycles. The van der Waals surface area contributed by atoms with Crippen LogP contribution in [0.15, 0.2) is 6.07 Å². The normalized spacial score (nSPS) is 22.5. The number of hydrogen-bond acceptors (Lipinski definition) is 6. The van der Waals surface area contributed by atoms with Crippen LogP contribution in [0.25, 0.3) is 0 Å². The Balaban J connectivity index is 0.00000280. The predicted molar refractivity (Wildman–Crippen MR) is 98.1 cm³/mol. The predicted octanol–water partition coefficient (Wildman–Crippen LogP) is 1.40. The van der Waals surface area contributed by atoms with Gasteiger partial charge in [0.2, 0.25) is 5.91 Å². The van der Waals surface area contributed by atoms with E-state index < -0.39 is 22.3 Å². The van der Waals surface area contributed by atoms with E-state index in [1.54, 1.807) is 0 Å². The first kappa shape index (κ1) is 23.3. The molecule has 10 heteroatoms. The van der Waals surface area contributed by atoms with Crippen LogP contribution in [0.5, 0.6) is 0 Å². The summed E-state index contributed by atoms with van der Waals surface area (Å²) in [5.74, 6) is 0.274. The number of amides is 2. The van der Waals surface area contributed by atoms with E-state index in [1.165, 1.54) is 4.90 Å². The quantitative estimate of drug-likeness (QED) is 0.501. The van der Waals surface area contributed by atoms with Gasteiger partial charge in [-0.25, -0.2) is 4.79 Å². The molecule has 1 aromatic rings. The standard InChI is InChI=1S/C18H23N2O6S.Y/c1-11-7-16(12(2)6-15(11)13-4-5-17(21)19-8-13)20-9-14(26-18(20)22)10-25-27(3,23)24;/h7,13-14H,4-5,8-10H2,1-3H3,(H,19,21);/q-1;+3. The van der Waals surface area contributed by atoms with Crippen LogP contribution in [-0.2, 0) is 56.5 Å². The first-order valence-electron chi connectivity index (χ1n) is 8.76. The fourth-order valence-electron chi connectivity index (χ4n) is 3.44. The number of aryl methyl sites for hydroxylation is 2. The molecule has 0 radical (unpaired) electrons. The van der Waals surface area contributed by atoms with Gasteiger partial charge >= 0.3 is 38.8 Å². The molecule has 148 valence electrons. The van der Waals surface area contributed by atoms with E-state index >= 15 is 0 Å². The molecule has 0 spiro atoms. The van der Waals surface area contributed by atoms with Crippen LogP contribution in [0.2, 0.25) is 0 Å². The number of ether oxygens (including phenoxy) is 1. The molecule has 1 N–H and O–H groups in total. The number of carbonyl (C=O) groups excluding carboxylic acids is 2. The van der Waals surface area contributed by atoms with E-state index in [0.29, 0.717) is 18.7 Å². The minimum atomic E-state index is -3.59. The molecule has 28 heavy (non-hydrogen) atoms. The molecule has 2 aliphatic rings. The van der Waals surface area contributed by atoms with Gasteiger partial charge in [-0.3, -0.25) is 8.98 Å². The van der Waals surface area contributed by atoms with Crippen molar-refractivity contribution in [2.45, 2.75) is 38.7 Å². The fourth-order valence-corrected chi connectivity index (χ4v) is 3.84. The van der Waals surface area contributed by atoms with Gasteiger partial charge < -0.3 is 15.0 Å². The van der Waals surface area contributed by atoms with E-state index in [0.717, 1.165) is 29.4 Å². The Morgan fingerprint density at radius 1 is 1.36 bits per heavy atom. The zero-order chi connectivity index (χ0) is 19.8. The minimum Gasteiger partial charge on any atom is -0.442 e. The van der Waals surface area contributed by atoms with Gasteiger partial charge in [0, 0.05) is 13.0 Å². The van der Waals surface area contributed by atoms with Crippen LogP contribution in [-0.4, -0.2) is 52.5 Å². The van der Waals surface area contributed by atoms with Crippen molar-refractivity contribution in [3.05, 3.63) is 28.8 Å². The first-order chi connectivity index (χ1) is 12.6. The molecule has 2 fully saturated rings. The largest absolute Gasteiger partial charge is 3.00 e. The molecule has 1 aromatic carbocycles. The monoisotopic (exact) mass is 484 g/mol. The Bertz CT molecular complexity index is 863. The van der Waals surface area contributed by atoms with E-state index in [2.05, 4.69) is 11.4 Å². The smallest absolute Gasteiger partial charge is 0.442 e. The van der Waals surface area contributed by atoms with E-state index in [1.807, 2.05) is 19.9 Å². The third-order valence-electron chi connectivity index (χ3n) is 4.79. The van der Waals surface area contributed by atoms with Crippen molar-refractivity contribution in [3.63, 3.8) is 0 Å². The Morgan fingerprint density at radius 2 is 2.07 bits per heavy atom. The summed E-state index contributed by atoms with van der Waals surface area (Å²) < 4.78 is 32.2. The molecule has 2 heterocycles. The number of cyclic esters (lactones) is 1. The van der Waals surface area contributed by atoms with Gasteiger partial charge in [0.1, 0.15) is 12.7 Å². The number of nitrogens with one attached hydrogen (secondary N) is 1. The van der Waals surface area contributed by atoms with Crippen LogP contribution < -0.4 is 10.2 Å². The molecule has 2 unspecified atom stereocenters. The third kappa shape index (κ3) is 5.52. The van der Waals surface area contributed by atoms with Crippen LogP contribution in [0.1, 0.15) is 35.4 Å². The van der Waals surface area contributed by atoms with Gasteiger partial charge in [-0.2, -0.15) is 25.6 Å². The van der Waals surface area contributed by atoms with Gasteiger partial charge in [-0.15, -0.1) is 11.6 Å². The molecule has 8 nitrogen and oxygen atoms in total. The van der Waals surface area contributed by atoms with Gasteiger partial charge in [0.25, 0.3) is 10.1 Å². The topological polar surface area (TPSA) is 102 Å². The van der Waals surface area contributed by atoms with E-state index in [9.17, 15) is 18.0 Å². The summed E-state index contributed by atoms with van der Waals surface area (Å²) in [5, 5.41) is 2.88. The summed E-state index contributed by atoms with van der Waals surface area (Å²) >= 11 is 0. The molecule has 2 atom stereocenters. The summed E-state index contributed by atoms with van der Waals surface area (Å²) in [6.45, 7) is 4.42. The number of benzene rings is 1. The molecule has 2 saturated heterocycles. The number of rotatable bonds is 5. The van der Waals surface area contributed by atoms with Gasteiger partial charge in [0.05, 0.1) is 12.8 Å². The second kappa shape index (κ2) is 9.19. The van der Waals surface area contributed by atoms with Crippen molar-refractivity contribution in [3.8, 4) is 0 Å². The minimum absolute atomic E-state index is 0. The number of nitrogens with zero attached hydrogens (tertiary/aromatic N) is 1. The van der Waals surface area contributed by atoms with Crippen LogP contribution in [0, 0.1) is 19.9 Å². The summed E-state index contributed by atoms with van der Waals surface area (Å²) in [6, 6.07) is 5.28. The SMILES string of the molecule is Cc1[c-]c(C2CCC(=O)NC2)c(C)cc1N1CC(COS(C)(=O)=O)OC1=O.[Y+3]. The van der Waals surface area contributed by atoms with E-state index in [4.69, 9.17) is 8.92 Å². The number of anilines is 1. The molecular weight excluding hydrogens is 461 g/mol. The van der Waals surface area contributed by atoms with Crippen LogP contribution in [0.3, 0.4) is 0 Å². The molecule has 2 amide bonds. The Kier molecular flexibility index (Phi) is 7.64. The second-order valence-electron chi connectivity index (χ2n) is 7.02. The Hall–Kier alpha value is -1.03. The van der Waals surface area contributed by atoms with Gasteiger partial charge in [-0.05, 0) is 12.3 Å². The third-order valence-corrected chi connectivity index (χ3v) is 5.36. The van der Waals surface area contributed by atoms with Crippen molar-refractivity contribution in [1.29, 1.82) is 0 Å². The maximum atomic E-state index is 12.2. The Labute approximate surface area is 190 Å². The van der Waals surface area contributed by atoms with Crippen LogP contribution >= 0.6 is 0 Å². The molecule has 0 aromatic heterocycles. The summed E-state index contributed by atoms with van der Waals surface area (Å²) in [4.78, 5) is 25.1. The van der Waals surface area contributed by atoms with Crippen molar-refractivity contribution < 1.29 is 59.6 Å². The molecule has 0 bridgehead atoms. The van der Waals surface area contributed by atoms with Crippen LogP contribution in [0.4, 0.5) is 10.5 Å². The maximum Gasteiger partial charge on any atom is 3.00 e. The number of carbonyl (C=O) groups is 2.